The van der Waals surface area contributed by atoms with E-state index in [1.807, 2.05) is 42.5 Å². The summed E-state index contributed by atoms with van der Waals surface area (Å²) in [5.74, 6) is 1.20. The highest BCUT2D eigenvalue weighted by molar-refractivity contribution is 7.10. The number of rotatable bonds is 8. The van der Waals surface area contributed by atoms with Crippen molar-refractivity contribution >= 4 is 17.3 Å². The number of nitrogens with one attached hydrogen (secondary N) is 2. The lowest BCUT2D eigenvalue weighted by Gasteiger charge is -2.39. The van der Waals surface area contributed by atoms with Gasteiger partial charge in [0.15, 0.2) is 5.96 Å². The summed E-state index contributed by atoms with van der Waals surface area (Å²) >= 11 is 1.85. The molecule has 0 spiro atoms. The molecule has 1 saturated heterocycles. The predicted octanol–water partition coefficient (Wildman–Crippen LogP) is 4.09. The molecule has 1 fully saturated rings. The predicted molar refractivity (Wildman–Crippen MR) is 129 cm³/mol. The molecule has 0 radical (unpaired) electrons. The molecule has 1 aliphatic heterocycles. The van der Waals surface area contributed by atoms with Crippen LogP contribution in [0.25, 0.3) is 0 Å². The molecule has 2 heterocycles. The topological polar surface area (TPSA) is 42.9 Å². The van der Waals surface area contributed by atoms with Gasteiger partial charge in [0, 0.05) is 36.1 Å². The molecule has 1 aliphatic rings. The van der Waals surface area contributed by atoms with Crippen LogP contribution >= 0.6 is 11.3 Å². The molecule has 170 valence electrons. The third-order valence-corrected chi connectivity index (χ3v) is 6.68. The number of piperidine rings is 1. The summed E-state index contributed by atoms with van der Waals surface area (Å²) in [4.78, 5) is 10.7. The zero-order valence-corrected chi connectivity index (χ0v) is 20.0. The standard InChI is InChI=1S/C24H36FN5S/c1-5-26-24(27-15-18-10-11-21(25)20(14-18)17-29(2)3)28-16-19-8-6-12-30(4)23(19)22-9-7-13-31-22/h7,9-11,13-14,19,23H,5-6,8,12,15-17H2,1-4H3,(H2,26,27,28). The SMILES string of the molecule is CCNC(=NCc1ccc(F)c(CN(C)C)c1)NCC1CCCN(C)C1c1cccs1. The number of nitrogens with zero attached hydrogens (tertiary/aromatic N) is 3. The van der Waals surface area contributed by atoms with E-state index in [9.17, 15) is 4.39 Å². The van der Waals surface area contributed by atoms with Crippen molar-refractivity contribution in [3.05, 3.63) is 57.5 Å². The van der Waals surface area contributed by atoms with Gasteiger partial charge in [0.1, 0.15) is 5.82 Å². The summed E-state index contributed by atoms with van der Waals surface area (Å²) in [6.45, 7) is 6.02. The Balaban J connectivity index is 1.66. The number of benzene rings is 1. The molecule has 0 aliphatic carbocycles. The second-order valence-corrected chi connectivity index (χ2v) is 9.56. The number of guanidine groups is 1. The minimum Gasteiger partial charge on any atom is -0.357 e. The van der Waals surface area contributed by atoms with Crippen LogP contribution in [0.5, 0.6) is 0 Å². The first kappa shape index (κ1) is 23.7. The second kappa shape index (κ2) is 11.6. The largest absolute Gasteiger partial charge is 0.357 e. The van der Waals surface area contributed by atoms with Crippen LogP contribution in [0, 0.1) is 11.7 Å². The molecule has 0 amide bonds. The van der Waals surface area contributed by atoms with Crippen molar-refractivity contribution in [3.8, 4) is 0 Å². The fourth-order valence-electron chi connectivity index (χ4n) is 4.31. The van der Waals surface area contributed by atoms with Crippen LogP contribution < -0.4 is 10.6 Å². The molecular weight excluding hydrogens is 409 g/mol. The first-order valence-corrected chi connectivity index (χ1v) is 12.0. The molecule has 7 heteroatoms. The fraction of sp³-hybridized carbons (Fsp3) is 0.542. The molecule has 5 nitrogen and oxygen atoms in total. The van der Waals surface area contributed by atoms with E-state index in [1.54, 1.807) is 6.07 Å². The zero-order valence-electron chi connectivity index (χ0n) is 19.2. The van der Waals surface area contributed by atoms with Crippen molar-refractivity contribution in [1.29, 1.82) is 0 Å². The van der Waals surface area contributed by atoms with E-state index in [2.05, 4.69) is 47.0 Å². The van der Waals surface area contributed by atoms with Crippen LogP contribution in [0.2, 0.25) is 0 Å². The van der Waals surface area contributed by atoms with E-state index in [0.29, 0.717) is 30.6 Å². The van der Waals surface area contributed by atoms with Gasteiger partial charge in [-0.1, -0.05) is 12.1 Å². The third kappa shape index (κ3) is 6.76. The van der Waals surface area contributed by atoms with Gasteiger partial charge in [-0.25, -0.2) is 9.38 Å². The molecule has 0 bridgehead atoms. The van der Waals surface area contributed by atoms with Gasteiger partial charge in [-0.2, -0.15) is 0 Å². The van der Waals surface area contributed by atoms with Crippen LogP contribution in [0.4, 0.5) is 4.39 Å². The maximum absolute atomic E-state index is 14.1. The number of halogens is 1. The van der Waals surface area contributed by atoms with Crippen molar-refractivity contribution in [2.75, 3.05) is 40.8 Å². The monoisotopic (exact) mass is 445 g/mol. The molecule has 31 heavy (non-hydrogen) atoms. The lowest BCUT2D eigenvalue weighted by atomic mass is 9.88. The first-order chi connectivity index (χ1) is 15.0. The second-order valence-electron chi connectivity index (χ2n) is 8.58. The van der Waals surface area contributed by atoms with Gasteiger partial charge in [-0.15, -0.1) is 11.3 Å². The lowest BCUT2D eigenvalue weighted by Crippen LogP contribution is -2.44. The molecule has 2 unspecified atom stereocenters. The molecular formula is C24H36FN5S. The van der Waals surface area contributed by atoms with Crippen LogP contribution in [0.15, 0.2) is 40.7 Å². The highest BCUT2D eigenvalue weighted by Gasteiger charge is 2.31. The Labute approximate surface area is 190 Å². The molecule has 2 atom stereocenters. The molecule has 1 aromatic heterocycles. The smallest absolute Gasteiger partial charge is 0.191 e. The van der Waals surface area contributed by atoms with E-state index in [1.165, 1.54) is 17.7 Å². The molecule has 3 rings (SSSR count). The highest BCUT2D eigenvalue weighted by atomic mass is 32.1. The van der Waals surface area contributed by atoms with Crippen molar-refractivity contribution in [2.45, 2.75) is 38.9 Å². The maximum Gasteiger partial charge on any atom is 0.191 e. The maximum atomic E-state index is 14.1. The first-order valence-electron chi connectivity index (χ1n) is 11.2. The Morgan fingerprint density at radius 3 is 2.84 bits per heavy atom. The van der Waals surface area contributed by atoms with Crippen molar-refractivity contribution in [1.82, 2.24) is 20.4 Å². The van der Waals surface area contributed by atoms with Gasteiger partial charge in [-0.3, -0.25) is 4.90 Å². The highest BCUT2D eigenvalue weighted by Crippen LogP contribution is 2.36. The molecule has 2 aromatic rings. The zero-order chi connectivity index (χ0) is 22.2. The number of hydrogen-bond donors (Lipinski definition) is 2. The summed E-state index contributed by atoms with van der Waals surface area (Å²) in [6.07, 6.45) is 2.44. The van der Waals surface area contributed by atoms with Crippen molar-refractivity contribution < 1.29 is 4.39 Å². The molecule has 1 aromatic carbocycles. The third-order valence-electron chi connectivity index (χ3n) is 5.73. The van der Waals surface area contributed by atoms with Crippen molar-refractivity contribution in [3.63, 3.8) is 0 Å². The number of aliphatic imine (C=N–C) groups is 1. The normalized spacial score (nSPS) is 20.3. The Bertz CT molecular complexity index is 837. The molecule has 0 saturated carbocycles. The van der Waals surface area contributed by atoms with Gasteiger partial charge in [0.2, 0.25) is 0 Å². The quantitative estimate of drug-likeness (QED) is 0.475. The minimum absolute atomic E-state index is 0.160. The van der Waals surface area contributed by atoms with Crippen LogP contribution in [0.1, 0.15) is 41.8 Å². The number of hydrogen-bond acceptors (Lipinski definition) is 4. The average Bonchev–Trinajstić information content (AvgIpc) is 3.26. The summed E-state index contributed by atoms with van der Waals surface area (Å²) in [7, 11) is 6.13. The van der Waals surface area contributed by atoms with E-state index in [4.69, 9.17) is 4.99 Å². The summed E-state index contributed by atoms with van der Waals surface area (Å²) in [6, 6.07) is 10.1. The van der Waals surface area contributed by atoms with Gasteiger partial charge < -0.3 is 15.5 Å². The summed E-state index contributed by atoms with van der Waals surface area (Å²) in [5, 5.41) is 9.09. The van der Waals surface area contributed by atoms with E-state index < -0.39 is 0 Å². The van der Waals surface area contributed by atoms with E-state index in [-0.39, 0.29) is 5.82 Å². The number of likely N-dealkylation sites (tertiary alicyclic amines) is 1. The lowest BCUT2D eigenvalue weighted by molar-refractivity contribution is 0.125. The average molecular weight is 446 g/mol. The van der Waals surface area contributed by atoms with Gasteiger partial charge in [0.25, 0.3) is 0 Å². The Hall–Kier alpha value is -1.96. The van der Waals surface area contributed by atoms with Crippen molar-refractivity contribution in [2.24, 2.45) is 10.9 Å². The number of thiophene rings is 1. The molecule has 2 N–H and O–H groups in total. The summed E-state index contributed by atoms with van der Waals surface area (Å²) < 4.78 is 14.1. The van der Waals surface area contributed by atoms with Crippen LogP contribution in [-0.2, 0) is 13.1 Å². The van der Waals surface area contributed by atoms with Crippen LogP contribution in [0.3, 0.4) is 0 Å². The van der Waals surface area contributed by atoms with Gasteiger partial charge in [-0.05, 0) is 82.5 Å². The van der Waals surface area contributed by atoms with E-state index in [0.717, 1.165) is 31.2 Å². The Kier molecular flexibility index (Phi) is 8.87. The van der Waals surface area contributed by atoms with Gasteiger partial charge in [0.05, 0.1) is 6.54 Å². The Morgan fingerprint density at radius 2 is 2.13 bits per heavy atom. The Morgan fingerprint density at radius 1 is 1.29 bits per heavy atom. The van der Waals surface area contributed by atoms with Gasteiger partial charge >= 0.3 is 0 Å². The van der Waals surface area contributed by atoms with Crippen LogP contribution in [-0.4, -0.2) is 56.5 Å². The van der Waals surface area contributed by atoms with E-state index >= 15 is 0 Å². The summed E-state index contributed by atoms with van der Waals surface area (Å²) in [5.41, 5.74) is 1.73. The fourth-order valence-corrected chi connectivity index (χ4v) is 5.29. The minimum atomic E-state index is -0.160.